The first-order valence-electron chi connectivity index (χ1n) is 4.94. The van der Waals surface area contributed by atoms with Gasteiger partial charge in [0.05, 0.1) is 18.5 Å². The van der Waals surface area contributed by atoms with E-state index in [2.05, 4.69) is 21.4 Å². The summed E-state index contributed by atoms with van der Waals surface area (Å²) in [5, 5.41) is 12.0. The number of nitrogens with one attached hydrogen (secondary N) is 1. The molecule has 1 fully saturated rings. The molecule has 1 aromatic heterocycles. The van der Waals surface area contributed by atoms with Crippen molar-refractivity contribution in [3.63, 3.8) is 0 Å². The summed E-state index contributed by atoms with van der Waals surface area (Å²) in [5.41, 5.74) is -0.657. The van der Waals surface area contributed by atoms with Gasteiger partial charge in [-0.3, -0.25) is 9.78 Å². The second-order valence-electron chi connectivity index (χ2n) is 3.68. The van der Waals surface area contributed by atoms with Gasteiger partial charge in [-0.05, 0) is 12.2 Å². The standard InChI is InChI=1S/C10H9ClN4OS/c11-8-4-13-3-7(14-8)9(16)15-10(5-12)1-2-17-6-10/h3-4H,1-2,6H2,(H,15,16). The van der Waals surface area contributed by atoms with Crippen LogP contribution in [0.4, 0.5) is 0 Å². The fourth-order valence-electron chi connectivity index (χ4n) is 1.51. The van der Waals surface area contributed by atoms with Gasteiger partial charge < -0.3 is 5.32 Å². The van der Waals surface area contributed by atoms with Crippen molar-refractivity contribution in [3.8, 4) is 6.07 Å². The third-order valence-electron chi connectivity index (χ3n) is 2.43. The molecule has 0 spiro atoms. The van der Waals surface area contributed by atoms with Crippen LogP contribution in [0.25, 0.3) is 0 Å². The largest absolute Gasteiger partial charge is 0.332 e. The highest BCUT2D eigenvalue weighted by Crippen LogP contribution is 2.27. The van der Waals surface area contributed by atoms with Crippen LogP contribution in [-0.4, -0.2) is 32.9 Å². The molecular weight excluding hydrogens is 260 g/mol. The molecule has 88 valence electrons. The monoisotopic (exact) mass is 268 g/mol. The number of carbonyl (C=O) groups is 1. The first-order valence-corrected chi connectivity index (χ1v) is 6.47. The summed E-state index contributed by atoms with van der Waals surface area (Å²) in [6, 6.07) is 2.16. The summed E-state index contributed by atoms with van der Waals surface area (Å²) in [4.78, 5) is 19.5. The molecule has 0 aromatic carbocycles. The third-order valence-corrected chi connectivity index (χ3v) is 3.80. The van der Waals surface area contributed by atoms with Gasteiger partial charge in [0.1, 0.15) is 16.4 Å². The van der Waals surface area contributed by atoms with Crippen LogP contribution >= 0.6 is 23.4 Å². The highest BCUT2D eigenvalue weighted by Gasteiger charge is 2.36. The van der Waals surface area contributed by atoms with Crippen molar-refractivity contribution in [2.24, 2.45) is 0 Å². The van der Waals surface area contributed by atoms with Gasteiger partial charge in [0, 0.05) is 5.75 Å². The van der Waals surface area contributed by atoms with E-state index < -0.39 is 11.4 Å². The maximum atomic E-state index is 11.9. The SMILES string of the molecule is N#CC1(NC(=O)c2cncc(Cl)n2)CCSC1. The average molecular weight is 269 g/mol. The van der Waals surface area contributed by atoms with Gasteiger partial charge in [-0.2, -0.15) is 17.0 Å². The minimum atomic E-state index is -0.786. The molecule has 1 aliphatic heterocycles. The summed E-state index contributed by atoms with van der Waals surface area (Å²) in [6.07, 6.45) is 3.33. The van der Waals surface area contributed by atoms with Gasteiger partial charge >= 0.3 is 0 Å². The van der Waals surface area contributed by atoms with Gasteiger partial charge in [0.15, 0.2) is 0 Å². The average Bonchev–Trinajstić information content (AvgIpc) is 2.78. The van der Waals surface area contributed by atoms with Crippen molar-refractivity contribution in [1.29, 1.82) is 5.26 Å². The van der Waals surface area contributed by atoms with Crippen LogP contribution in [0.3, 0.4) is 0 Å². The Bertz CT molecular complexity index is 481. The van der Waals surface area contributed by atoms with Gasteiger partial charge in [-0.1, -0.05) is 11.6 Å². The van der Waals surface area contributed by atoms with Gasteiger partial charge in [-0.15, -0.1) is 0 Å². The van der Waals surface area contributed by atoms with Gasteiger partial charge in [-0.25, -0.2) is 4.98 Å². The molecule has 7 heteroatoms. The lowest BCUT2D eigenvalue weighted by Crippen LogP contribution is -2.47. The Morgan fingerprint density at radius 2 is 2.47 bits per heavy atom. The number of hydrogen-bond donors (Lipinski definition) is 1. The molecule has 1 atom stereocenters. The van der Waals surface area contributed by atoms with E-state index in [1.807, 2.05) is 0 Å². The maximum absolute atomic E-state index is 11.9. The van der Waals surface area contributed by atoms with Gasteiger partial charge in [0.2, 0.25) is 0 Å². The summed E-state index contributed by atoms with van der Waals surface area (Å²) >= 11 is 7.30. The van der Waals surface area contributed by atoms with Crippen LogP contribution in [-0.2, 0) is 0 Å². The molecule has 0 radical (unpaired) electrons. The second kappa shape index (κ2) is 4.90. The predicted octanol–water partition coefficient (Wildman–Crippen LogP) is 1.26. The first-order chi connectivity index (χ1) is 8.15. The molecule has 1 saturated heterocycles. The number of aromatic nitrogens is 2. The summed E-state index contributed by atoms with van der Waals surface area (Å²) in [5.74, 6) is 1.06. The Morgan fingerprint density at radius 3 is 3.06 bits per heavy atom. The highest BCUT2D eigenvalue weighted by molar-refractivity contribution is 7.99. The van der Waals surface area contributed by atoms with Crippen LogP contribution in [0.15, 0.2) is 12.4 Å². The predicted molar refractivity (Wildman–Crippen MR) is 64.8 cm³/mol. The number of hydrogen-bond acceptors (Lipinski definition) is 5. The van der Waals surface area contributed by atoms with E-state index in [0.29, 0.717) is 12.2 Å². The van der Waals surface area contributed by atoms with E-state index in [0.717, 1.165) is 5.75 Å². The molecular formula is C10H9ClN4OS. The van der Waals surface area contributed by atoms with Crippen LogP contribution in [0.5, 0.6) is 0 Å². The molecule has 0 saturated carbocycles. The normalized spacial score (nSPS) is 23.1. The molecule has 1 amide bonds. The second-order valence-corrected chi connectivity index (χ2v) is 5.17. The number of nitrogens with zero attached hydrogens (tertiary/aromatic N) is 3. The summed E-state index contributed by atoms with van der Waals surface area (Å²) in [6.45, 7) is 0. The Morgan fingerprint density at radius 1 is 1.65 bits per heavy atom. The Balaban J connectivity index is 2.14. The van der Waals surface area contributed by atoms with E-state index in [1.165, 1.54) is 12.4 Å². The first kappa shape index (κ1) is 12.1. The van der Waals surface area contributed by atoms with E-state index in [9.17, 15) is 4.79 Å². The fourth-order valence-corrected chi connectivity index (χ4v) is 2.93. The van der Waals surface area contributed by atoms with Crippen LogP contribution in [0.1, 0.15) is 16.9 Å². The number of rotatable bonds is 2. The van der Waals surface area contributed by atoms with Crippen LogP contribution < -0.4 is 5.32 Å². The van der Waals surface area contributed by atoms with Crippen molar-refractivity contribution in [2.45, 2.75) is 12.0 Å². The van der Waals surface area contributed by atoms with Crippen molar-refractivity contribution >= 4 is 29.3 Å². The number of nitriles is 1. The molecule has 2 heterocycles. The molecule has 1 N–H and O–H groups in total. The van der Waals surface area contributed by atoms with E-state index in [1.54, 1.807) is 11.8 Å². The Kier molecular flexibility index (Phi) is 3.50. The highest BCUT2D eigenvalue weighted by atomic mass is 35.5. The quantitative estimate of drug-likeness (QED) is 0.874. The molecule has 0 bridgehead atoms. The van der Waals surface area contributed by atoms with E-state index in [-0.39, 0.29) is 10.8 Å². The Labute approximate surface area is 108 Å². The zero-order chi connectivity index (χ0) is 12.3. The molecule has 0 aliphatic carbocycles. The lowest BCUT2D eigenvalue weighted by atomic mass is 10.0. The smallest absolute Gasteiger partial charge is 0.272 e. The lowest BCUT2D eigenvalue weighted by Gasteiger charge is -2.20. The van der Waals surface area contributed by atoms with Crippen molar-refractivity contribution in [2.75, 3.05) is 11.5 Å². The summed E-state index contributed by atoms with van der Waals surface area (Å²) in [7, 11) is 0. The number of thioether (sulfide) groups is 1. The van der Waals surface area contributed by atoms with Crippen LogP contribution in [0.2, 0.25) is 5.15 Å². The number of carbonyl (C=O) groups excluding carboxylic acids is 1. The van der Waals surface area contributed by atoms with E-state index >= 15 is 0 Å². The van der Waals surface area contributed by atoms with Crippen LogP contribution in [0, 0.1) is 11.3 Å². The van der Waals surface area contributed by atoms with Gasteiger partial charge in [0.25, 0.3) is 5.91 Å². The topological polar surface area (TPSA) is 78.7 Å². The zero-order valence-corrected chi connectivity index (χ0v) is 10.4. The molecule has 1 aromatic rings. The fraction of sp³-hybridized carbons (Fsp3) is 0.400. The molecule has 5 nitrogen and oxygen atoms in total. The Hall–Kier alpha value is -1.32. The lowest BCUT2D eigenvalue weighted by molar-refractivity contribution is 0.0920. The number of amides is 1. The van der Waals surface area contributed by atoms with E-state index in [4.69, 9.17) is 16.9 Å². The minimum absolute atomic E-state index is 0.129. The summed E-state index contributed by atoms with van der Waals surface area (Å²) < 4.78 is 0. The maximum Gasteiger partial charge on any atom is 0.272 e. The molecule has 2 rings (SSSR count). The minimum Gasteiger partial charge on any atom is -0.332 e. The third kappa shape index (κ3) is 2.68. The van der Waals surface area contributed by atoms with Crippen molar-refractivity contribution in [3.05, 3.63) is 23.2 Å². The number of halogens is 1. The molecule has 1 aliphatic rings. The molecule has 17 heavy (non-hydrogen) atoms. The van der Waals surface area contributed by atoms with Crippen molar-refractivity contribution in [1.82, 2.24) is 15.3 Å². The molecule has 1 unspecified atom stereocenters. The van der Waals surface area contributed by atoms with Crippen molar-refractivity contribution < 1.29 is 4.79 Å². The zero-order valence-electron chi connectivity index (χ0n) is 8.81.